The number of benzene rings is 2. The van der Waals surface area contributed by atoms with E-state index >= 15 is 0 Å². The molecule has 0 aliphatic heterocycles. The summed E-state index contributed by atoms with van der Waals surface area (Å²) >= 11 is 6.09. The Labute approximate surface area is 177 Å². The van der Waals surface area contributed by atoms with Crippen molar-refractivity contribution in [3.8, 4) is 0 Å². The van der Waals surface area contributed by atoms with Crippen LogP contribution in [0.2, 0.25) is 5.28 Å². The Morgan fingerprint density at radius 2 is 1.87 bits per heavy atom. The highest BCUT2D eigenvalue weighted by atomic mass is 35.5. The molecule has 0 radical (unpaired) electrons. The fourth-order valence-corrected chi connectivity index (χ4v) is 3.15. The van der Waals surface area contributed by atoms with Gasteiger partial charge in [-0.3, -0.25) is 5.01 Å². The summed E-state index contributed by atoms with van der Waals surface area (Å²) in [4.78, 5) is 25.1. The SMILES string of the molecule is CCn1cnc2c(N(N)c3ccc(C(=O)OCc4ccccc4)cc3)nc(Cl)nc21. The van der Waals surface area contributed by atoms with E-state index in [4.69, 9.17) is 22.2 Å². The number of fused-ring (bicyclic) bond motifs is 1. The van der Waals surface area contributed by atoms with Crippen molar-refractivity contribution >= 4 is 40.2 Å². The number of carbonyl (C=O) groups excluding carboxylic acids is 1. The third-order valence-electron chi connectivity index (χ3n) is 4.58. The molecule has 0 amide bonds. The number of halogens is 1. The van der Waals surface area contributed by atoms with Crippen LogP contribution in [-0.4, -0.2) is 25.5 Å². The number of carbonyl (C=O) groups is 1. The lowest BCUT2D eigenvalue weighted by molar-refractivity contribution is 0.0472. The number of aryl methyl sites for hydroxylation is 1. The minimum Gasteiger partial charge on any atom is -0.457 e. The van der Waals surface area contributed by atoms with Gasteiger partial charge >= 0.3 is 5.97 Å². The van der Waals surface area contributed by atoms with Gasteiger partial charge in [-0.1, -0.05) is 30.3 Å². The summed E-state index contributed by atoms with van der Waals surface area (Å²) < 4.78 is 7.21. The van der Waals surface area contributed by atoms with Crippen molar-refractivity contribution in [2.45, 2.75) is 20.1 Å². The first-order chi connectivity index (χ1) is 14.6. The van der Waals surface area contributed by atoms with Crippen LogP contribution in [0.1, 0.15) is 22.8 Å². The summed E-state index contributed by atoms with van der Waals surface area (Å²) in [5.41, 5.74) is 3.09. The minimum absolute atomic E-state index is 0.0734. The van der Waals surface area contributed by atoms with Crippen LogP contribution in [0.3, 0.4) is 0 Å². The molecular formula is C21H19ClN6O2. The normalized spacial score (nSPS) is 10.9. The second-order valence-electron chi connectivity index (χ2n) is 6.50. The zero-order valence-electron chi connectivity index (χ0n) is 16.2. The maximum Gasteiger partial charge on any atom is 0.338 e. The maximum atomic E-state index is 12.3. The number of ether oxygens (including phenoxy) is 1. The van der Waals surface area contributed by atoms with Crippen molar-refractivity contribution in [1.29, 1.82) is 0 Å². The van der Waals surface area contributed by atoms with Gasteiger partial charge in [-0.15, -0.1) is 0 Å². The van der Waals surface area contributed by atoms with E-state index in [9.17, 15) is 4.79 Å². The molecule has 0 spiro atoms. The van der Waals surface area contributed by atoms with Crippen LogP contribution in [0.4, 0.5) is 11.5 Å². The summed E-state index contributed by atoms with van der Waals surface area (Å²) in [6.45, 7) is 2.88. The first-order valence-corrected chi connectivity index (χ1v) is 9.69. The van der Waals surface area contributed by atoms with Gasteiger partial charge in [0.25, 0.3) is 0 Å². The molecule has 2 aromatic carbocycles. The Kier molecular flexibility index (Phi) is 5.60. The summed E-state index contributed by atoms with van der Waals surface area (Å²) in [5, 5.41) is 1.44. The highest BCUT2D eigenvalue weighted by molar-refractivity contribution is 6.28. The molecule has 0 aliphatic rings. The van der Waals surface area contributed by atoms with Crippen LogP contribution in [0.5, 0.6) is 0 Å². The lowest BCUT2D eigenvalue weighted by atomic mass is 10.2. The predicted octanol–water partition coefficient (Wildman–Crippen LogP) is 3.87. The van der Waals surface area contributed by atoms with Crippen molar-refractivity contribution in [2.75, 3.05) is 5.01 Å². The lowest BCUT2D eigenvalue weighted by Crippen LogP contribution is -2.26. The molecule has 2 N–H and O–H groups in total. The largest absolute Gasteiger partial charge is 0.457 e. The predicted molar refractivity (Wildman–Crippen MR) is 114 cm³/mol. The van der Waals surface area contributed by atoms with E-state index in [1.165, 1.54) is 5.01 Å². The number of hydrogen-bond acceptors (Lipinski definition) is 7. The minimum atomic E-state index is -0.414. The molecule has 0 saturated carbocycles. The molecule has 2 heterocycles. The molecule has 0 saturated heterocycles. The van der Waals surface area contributed by atoms with Gasteiger partial charge in [0.1, 0.15) is 6.61 Å². The lowest BCUT2D eigenvalue weighted by Gasteiger charge is -2.18. The molecule has 9 heteroatoms. The Hall–Kier alpha value is -3.49. The second-order valence-corrected chi connectivity index (χ2v) is 6.84. The Morgan fingerprint density at radius 3 is 2.57 bits per heavy atom. The molecule has 2 aromatic heterocycles. The number of hydrazine groups is 1. The molecule has 30 heavy (non-hydrogen) atoms. The van der Waals surface area contributed by atoms with Crippen molar-refractivity contribution < 1.29 is 9.53 Å². The van der Waals surface area contributed by atoms with E-state index in [1.54, 1.807) is 30.6 Å². The standard InChI is InChI=1S/C21H19ClN6O2/c1-2-27-13-24-17-18(27)25-21(22)26-19(17)28(23)16-10-8-15(9-11-16)20(29)30-12-14-6-4-3-5-7-14/h3-11,13H,2,12,23H2,1H3. The first kappa shape index (κ1) is 19.8. The van der Waals surface area contributed by atoms with Crippen molar-refractivity contribution in [1.82, 2.24) is 19.5 Å². The molecule has 0 aliphatic carbocycles. The smallest absolute Gasteiger partial charge is 0.338 e. The van der Waals surface area contributed by atoms with Crippen LogP contribution < -0.4 is 10.9 Å². The fraction of sp³-hybridized carbons (Fsp3) is 0.143. The van der Waals surface area contributed by atoms with E-state index in [0.29, 0.717) is 34.8 Å². The van der Waals surface area contributed by atoms with Crippen LogP contribution in [-0.2, 0) is 17.9 Å². The van der Waals surface area contributed by atoms with Gasteiger partial charge in [-0.05, 0) is 48.4 Å². The average Bonchev–Trinajstić information content (AvgIpc) is 3.20. The molecule has 8 nitrogen and oxygen atoms in total. The average molecular weight is 423 g/mol. The molecular weight excluding hydrogens is 404 g/mol. The third-order valence-corrected chi connectivity index (χ3v) is 4.75. The topological polar surface area (TPSA) is 99.2 Å². The number of imidazole rings is 1. The summed E-state index contributed by atoms with van der Waals surface area (Å²) in [5.74, 6) is 6.24. The Balaban J connectivity index is 1.53. The number of hydrogen-bond donors (Lipinski definition) is 1. The zero-order chi connectivity index (χ0) is 21.1. The Morgan fingerprint density at radius 1 is 1.13 bits per heavy atom. The van der Waals surface area contributed by atoms with Gasteiger partial charge in [0.05, 0.1) is 17.6 Å². The van der Waals surface area contributed by atoms with E-state index < -0.39 is 5.97 Å². The quantitative estimate of drug-likeness (QED) is 0.218. The van der Waals surface area contributed by atoms with E-state index in [0.717, 1.165) is 5.56 Å². The third kappa shape index (κ3) is 3.96. The first-order valence-electron chi connectivity index (χ1n) is 9.31. The molecule has 0 bridgehead atoms. The number of anilines is 2. The van der Waals surface area contributed by atoms with Gasteiger partial charge in [-0.25, -0.2) is 15.6 Å². The number of aromatic nitrogens is 4. The van der Waals surface area contributed by atoms with Crippen molar-refractivity contribution in [2.24, 2.45) is 5.84 Å². The van der Waals surface area contributed by atoms with Gasteiger partial charge in [0.2, 0.25) is 5.28 Å². The molecule has 0 unspecified atom stereocenters. The van der Waals surface area contributed by atoms with Crippen LogP contribution >= 0.6 is 11.6 Å². The van der Waals surface area contributed by atoms with Gasteiger partial charge in [0, 0.05) is 6.54 Å². The van der Waals surface area contributed by atoms with Crippen molar-refractivity contribution in [3.05, 3.63) is 77.3 Å². The van der Waals surface area contributed by atoms with E-state index in [1.807, 2.05) is 41.8 Å². The number of rotatable bonds is 6. The van der Waals surface area contributed by atoms with Crippen LogP contribution in [0.25, 0.3) is 11.2 Å². The summed E-state index contributed by atoms with van der Waals surface area (Å²) in [6, 6.07) is 16.2. The molecule has 4 aromatic rings. The molecule has 4 rings (SSSR count). The number of nitrogens with zero attached hydrogens (tertiary/aromatic N) is 5. The van der Waals surface area contributed by atoms with Crippen LogP contribution in [0, 0.1) is 0 Å². The van der Waals surface area contributed by atoms with Gasteiger partial charge < -0.3 is 9.30 Å². The molecule has 152 valence electrons. The second kappa shape index (κ2) is 8.48. The molecule has 0 fully saturated rings. The van der Waals surface area contributed by atoms with Gasteiger partial charge in [-0.2, -0.15) is 9.97 Å². The Bertz CT molecular complexity index is 1180. The monoisotopic (exact) mass is 422 g/mol. The van der Waals surface area contributed by atoms with Gasteiger partial charge in [0.15, 0.2) is 17.0 Å². The van der Waals surface area contributed by atoms with E-state index in [-0.39, 0.29) is 11.9 Å². The van der Waals surface area contributed by atoms with E-state index in [2.05, 4.69) is 15.0 Å². The zero-order valence-corrected chi connectivity index (χ0v) is 17.0. The summed E-state index contributed by atoms with van der Waals surface area (Å²) in [6.07, 6.45) is 1.67. The fourth-order valence-electron chi connectivity index (χ4n) is 2.99. The molecule has 0 atom stereocenters. The van der Waals surface area contributed by atoms with Crippen molar-refractivity contribution in [3.63, 3.8) is 0 Å². The summed E-state index contributed by atoms with van der Waals surface area (Å²) in [7, 11) is 0. The number of esters is 1. The number of nitrogens with two attached hydrogens (primary N) is 1. The highest BCUT2D eigenvalue weighted by Gasteiger charge is 2.18. The highest BCUT2D eigenvalue weighted by Crippen LogP contribution is 2.28. The maximum absolute atomic E-state index is 12.3. The van der Waals surface area contributed by atoms with Crippen LogP contribution in [0.15, 0.2) is 60.9 Å².